The quantitative estimate of drug-likeness (QED) is 0.621. The Morgan fingerprint density at radius 2 is 2.04 bits per heavy atom. The fourth-order valence-corrected chi connectivity index (χ4v) is 4.43. The minimum absolute atomic E-state index is 0.120. The molecule has 26 heavy (non-hydrogen) atoms. The molecule has 1 aliphatic heterocycles. The Bertz CT molecular complexity index is 1040. The summed E-state index contributed by atoms with van der Waals surface area (Å²) in [5.41, 5.74) is 1.62. The Morgan fingerprint density at radius 3 is 2.69 bits per heavy atom. The lowest BCUT2D eigenvalue weighted by Crippen LogP contribution is -2.25. The highest BCUT2D eigenvalue weighted by Crippen LogP contribution is 2.45. The lowest BCUT2D eigenvalue weighted by molar-refractivity contribution is 0.0685. The van der Waals surface area contributed by atoms with Gasteiger partial charge in [0.15, 0.2) is 5.13 Å². The van der Waals surface area contributed by atoms with E-state index in [1.165, 1.54) is 29.8 Å². The van der Waals surface area contributed by atoms with Crippen LogP contribution in [0, 0.1) is 0 Å². The zero-order valence-electron chi connectivity index (χ0n) is 13.8. The number of fused-ring (bicyclic) bond motifs is 3. The topological polar surface area (TPSA) is 84.3 Å². The van der Waals surface area contributed by atoms with Gasteiger partial charge in [-0.25, -0.2) is 9.78 Å². The van der Waals surface area contributed by atoms with Gasteiger partial charge < -0.3 is 15.2 Å². The molecule has 0 bridgehead atoms. The van der Waals surface area contributed by atoms with Gasteiger partial charge in [0.25, 0.3) is 0 Å². The fourth-order valence-electron chi connectivity index (χ4n) is 2.98. The Hall–Kier alpha value is -2.09. The van der Waals surface area contributed by atoms with E-state index in [1.54, 1.807) is 0 Å². The molecule has 0 saturated carbocycles. The highest BCUT2D eigenvalue weighted by molar-refractivity contribution is 7.22. The van der Waals surface area contributed by atoms with Crippen molar-refractivity contribution in [1.82, 2.24) is 9.97 Å². The second kappa shape index (κ2) is 5.97. The molecule has 1 aromatic carbocycles. The summed E-state index contributed by atoms with van der Waals surface area (Å²) in [5, 5.41) is 13.9. The van der Waals surface area contributed by atoms with Crippen LogP contribution in [0.5, 0.6) is 5.75 Å². The van der Waals surface area contributed by atoms with Crippen LogP contribution < -0.4 is 10.1 Å². The number of halogens is 2. The van der Waals surface area contributed by atoms with Gasteiger partial charge in [-0.3, -0.25) is 4.98 Å². The molecule has 3 aromatic rings. The SMILES string of the molecule is CC1(C)Cc2c(c(C(=O)O)cc3nc(Nc4c(Cl)cncc4Cl)sc23)O1. The number of aromatic carboxylic acids is 1. The van der Waals surface area contributed by atoms with E-state index in [1.807, 2.05) is 13.8 Å². The molecule has 0 atom stereocenters. The molecule has 0 radical (unpaired) electrons. The van der Waals surface area contributed by atoms with Gasteiger partial charge in [-0.15, -0.1) is 0 Å². The van der Waals surface area contributed by atoms with E-state index in [9.17, 15) is 9.90 Å². The van der Waals surface area contributed by atoms with Gasteiger partial charge in [-0.05, 0) is 19.9 Å². The summed E-state index contributed by atoms with van der Waals surface area (Å²) < 4.78 is 6.78. The van der Waals surface area contributed by atoms with Crippen LogP contribution in [0.3, 0.4) is 0 Å². The first kappa shape index (κ1) is 17.3. The van der Waals surface area contributed by atoms with Crippen molar-refractivity contribution in [3.63, 3.8) is 0 Å². The van der Waals surface area contributed by atoms with Crippen LogP contribution in [0.1, 0.15) is 29.8 Å². The zero-order chi connectivity index (χ0) is 18.6. The molecule has 9 heteroatoms. The van der Waals surface area contributed by atoms with Crippen molar-refractivity contribution in [1.29, 1.82) is 0 Å². The molecule has 0 spiro atoms. The van der Waals surface area contributed by atoms with Crippen molar-refractivity contribution < 1.29 is 14.6 Å². The number of hydrogen-bond acceptors (Lipinski definition) is 6. The number of nitrogens with one attached hydrogen (secondary N) is 1. The standard InChI is InChI=1S/C17H13Cl2N3O3S/c1-17(2)4-8-13(25-17)7(15(23)24)3-11-14(8)26-16(21-11)22-12-9(18)5-20-6-10(12)19/h3,5-6H,4H2,1-2H3,(H,23,24)(H,20,21,22). The van der Waals surface area contributed by atoms with Gasteiger partial charge in [0.1, 0.15) is 16.9 Å². The van der Waals surface area contributed by atoms with Crippen LogP contribution in [0.4, 0.5) is 10.8 Å². The van der Waals surface area contributed by atoms with Crippen molar-refractivity contribution >= 4 is 61.5 Å². The number of carboxylic acids is 1. The molecule has 4 rings (SSSR count). The molecule has 0 saturated heterocycles. The highest BCUT2D eigenvalue weighted by atomic mass is 35.5. The van der Waals surface area contributed by atoms with Crippen molar-refractivity contribution in [2.24, 2.45) is 0 Å². The van der Waals surface area contributed by atoms with Gasteiger partial charge in [-0.2, -0.15) is 0 Å². The number of hydrogen-bond donors (Lipinski definition) is 2. The number of anilines is 2. The fraction of sp³-hybridized carbons (Fsp3) is 0.235. The number of rotatable bonds is 3. The monoisotopic (exact) mass is 409 g/mol. The van der Waals surface area contributed by atoms with Crippen LogP contribution in [-0.2, 0) is 6.42 Å². The van der Waals surface area contributed by atoms with E-state index in [0.29, 0.717) is 38.6 Å². The number of carboxylic acid groups (broad SMARTS) is 1. The van der Waals surface area contributed by atoms with Gasteiger partial charge in [0, 0.05) is 24.4 Å². The second-order valence-electron chi connectivity index (χ2n) is 6.55. The Balaban J connectivity index is 1.85. The maximum absolute atomic E-state index is 11.6. The summed E-state index contributed by atoms with van der Waals surface area (Å²) in [6, 6.07) is 1.54. The average Bonchev–Trinajstić information content (AvgIpc) is 3.09. The first-order chi connectivity index (χ1) is 12.2. The number of pyridine rings is 1. The molecule has 0 aliphatic carbocycles. The number of aromatic nitrogens is 2. The van der Waals surface area contributed by atoms with E-state index in [-0.39, 0.29) is 5.56 Å². The molecule has 2 N–H and O–H groups in total. The Kier molecular flexibility index (Phi) is 3.98. The van der Waals surface area contributed by atoms with Crippen LogP contribution in [0.2, 0.25) is 10.0 Å². The van der Waals surface area contributed by atoms with Gasteiger partial charge in [-0.1, -0.05) is 34.5 Å². The third-order valence-electron chi connectivity index (χ3n) is 4.02. The van der Waals surface area contributed by atoms with Crippen LogP contribution >= 0.6 is 34.5 Å². The first-order valence-electron chi connectivity index (χ1n) is 7.70. The van der Waals surface area contributed by atoms with Crippen LogP contribution in [-0.4, -0.2) is 26.6 Å². The summed E-state index contributed by atoms with van der Waals surface area (Å²) in [6.45, 7) is 3.86. The first-order valence-corrected chi connectivity index (χ1v) is 9.27. The van der Waals surface area contributed by atoms with E-state index in [4.69, 9.17) is 27.9 Å². The van der Waals surface area contributed by atoms with E-state index in [2.05, 4.69) is 15.3 Å². The van der Waals surface area contributed by atoms with Crippen molar-refractivity contribution in [2.75, 3.05) is 5.32 Å². The lowest BCUT2D eigenvalue weighted by atomic mass is 10.00. The molecule has 0 unspecified atom stereocenters. The Labute approximate surface area is 162 Å². The normalized spacial score (nSPS) is 14.9. The number of ether oxygens (including phenoxy) is 1. The number of carbonyl (C=O) groups is 1. The lowest BCUT2D eigenvalue weighted by Gasteiger charge is -2.17. The third kappa shape index (κ3) is 2.86. The summed E-state index contributed by atoms with van der Waals surface area (Å²) in [5.74, 6) is -0.617. The minimum Gasteiger partial charge on any atom is -0.486 e. The van der Waals surface area contributed by atoms with Crippen molar-refractivity contribution in [3.05, 3.63) is 39.6 Å². The van der Waals surface area contributed by atoms with Gasteiger partial charge in [0.05, 0.1) is 25.9 Å². The average molecular weight is 410 g/mol. The molecule has 134 valence electrons. The molecule has 6 nitrogen and oxygen atoms in total. The maximum atomic E-state index is 11.6. The smallest absolute Gasteiger partial charge is 0.339 e. The second-order valence-corrected chi connectivity index (χ2v) is 8.36. The van der Waals surface area contributed by atoms with Gasteiger partial charge >= 0.3 is 5.97 Å². The molecule has 2 aromatic heterocycles. The van der Waals surface area contributed by atoms with E-state index >= 15 is 0 Å². The molecule has 0 fully saturated rings. The van der Waals surface area contributed by atoms with Crippen molar-refractivity contribution in [3.8, 4) is 5.75 Å². The highest BCUT2D eigenvalue weighted by Gasteiger charge is 2.36. The summed E-state index contributed by atoms with van der Waals surface area (Å²) in [7, 11) is 0. The largest absolute Gasteiger partial charge is 0.486 e. The van der Waals surface area contributed by atoms with Gasteiger partial charge in [0.2, 0.25) is 0 Å². The zero-order valence-corrected chi connectivity index (χ0v) is 16.1. The summed E-state index contributed by atoms with van der Waals surface area (Å²) >= 11 is 13.7. The third-order valence-corrected chi connectivity index (χ3v) is 5.64. The van der Waals surface area contributed by atoms with Crippen LogP contribution in [0.25, 0.3) is 10.2 Å². The molecule has 0 amide bonds. The maximum Gasteiger partial charge on any atom is 0.339 e. The number of thiazole rings is 1. The Morgan fingerprint density at radius 1 is 1.35 bits per heavy atom. The number of benzene rings is 1. The summed E-state index contributed by atoms with van der Waals surface area (Å²) in [6.07, 6.45) is 3.58. The predicted octanol–water partition coefficient (Wildman–Crippen LogP) is 5.15. The molecular weight excluding hydrogens is 397 g/mol. The molecule has 3 heterocycles. The van der Waals surface area contributed by atoms with E-state index in [0.717, 1.165) is 10.3 Å². The number of nitrogens with zero attached hydrogens (tertiary/aromatic N) is 2. The summed E-state index contributed by atoms with van der Waals surface area (Å²) in [4.78, 5) is 20.1. The molecular formula is C17H13Cl2N3O3S. The predicted molar refractivity (Wildman–Crippen MR) is 103 cm³/mol. The minimum atomic E-state index is -1.04. The van der Waals surface area contributed by atoms with Crippen LogP contribution in [0.15, 0.2) is 18.5 Å². The van der Waals surface area contributed by atoms with Crippen molar-refractivity contribution in [2.45, 2.75) is 25.9 Å². The molecule has 1 aliphatic rings. The van der Waals surface area contributed by atoms with E-state index < -0.39 is 11.6 Å².